The van der Waals surface area contributed by atoms with Gasteiger partial charge in [-0.2, -0.15) is 0 Å². The highest BCUT2D eigenvalue weighted by Crippen LogP contribution is 2.05. The largest absolute Gasteiger partial charge is 0.355 e. The number of hydrogen-bond acceptors (Lipinski definition) is 3. The van der Waals surface area contributed by atoms with Gasteiger partial charge in [-0.25, -0.2) is 4.39 Å². The fourth-order valence-corrected chi connectivity index (χ4v) is 2.11. The molecular weight excluding hydrogens is 247 g/mol. The molecule has 1 saturated heterocycles. The molecular formula is C14H17FN2O2. The first kappa shape index (κ1) is 13.7. The van der Waals surface area contributed by atoms with Crippen molar-refractivity contribution in [3.63, 3.8) is 0 Å². The van der Waals surface area contributed by atoms with Gasteiger partial charge in [0.2, 0.25) is 5.91 Å². The summed E-state index contributed by atoms with van der Waals surface area (Å²) in [5, 5.41) is 2.77. The molecule has 1 aliphatic rings. The lowest BCUT2D eigenvalue weighted by molar-refractivity contribution is -0.121. The first-order valence-corrected chi connectivity index (χ1v) is 6.39. The molecule has 1 heterocycles. The SMILES string of the molecule is O=C(Cc1ccc(F)cc1)CN1CCNC(=O)CC1. The molecule has 0 bridgehead atoms. The highest BCUT2D eigenvalue weighted by molar-refractivity contribution is 5.83. The van der Waals surface area contributed by atoms with Crippen molar-refractivity contribution >= 4 is 11.7 Å². The van der Waals surface area contributed by atoms with Crippen LogP contribution >= 0.6 is 0 Å². The zero-order valence-corrected chi connectivity index (χ0v) is 10.7. The molecule has 4 nitrogen and oxygen atoms in total. The minimum atomic E-state index is -0.298. The maximum atomic E-state index is 12.7. The highest BCUT2D eigenvalue weighted by atomic mass is 19.1. The highest BCUT2D eigenvalue weighted by Gasteiger charge is 2.16. The van der Waals surface area contributed by atoms with Gasteiger partial charge in [0.05, 0.1) is 6.54 Å². The van der Waals surface area contributed by atoms with Gasteiger partial charge < -0.3 is 5.32 Å². The number of carbonyl (C=O) groups excluding carboxylic acids is 2. The Balaban J connectivity index is 1.83. The van der Waals surface area contributed by atoms with Crippen LogP contribution in [0.4, 0.5) is 4.39 Å². The number of carbonyl (C=O) groups is 2. The van der Waals surface area contributed by atoms with Crippen molar-refractivity contribution in [2.45, 2.75) is 12.8 Å². The number of nitrogens with zero attached hydrogens (tertiary/aromatic N) is 1. The van der Waals surface area contributed by atoms with E-state index in [9.17, 15) is 14.0 Å². The molecule has 1 N–H and O–H groups in total. The summed E-state index contributed by atoms with van der Waals surface area (Å²) >= 11 is 0. The van der Waals surface area contributed by atoms with Crippen LogP contribution in [0.1, 0.15) is 12.0 Å². The van der Waals surface area contributed by atoms with Crippen LogP contribution in [0.3, 0.4) is 0 Å². The second kappa shape index (κ2) is 6.43. The Hall–Kier alpha value is -1.75. The average Bonchev–Trinajstić information content (AvgIpc) is 2.57. The number of hydrogen-bond donors (Lipinski definition) is 1. The lowest BCUT2D eigenvalue weighted by Crippen LogP contribution is -2.33. The van der Waals surface area contributed by atoms with Gasteiger partial charge in [0.1, 0.15) is 5.82 Å². The molecule has 0 unspecified atom stereocenters. The number of nitrogens with one attached hydrogen (secondary N) is 1. The van der Waals surface area contributed by atoms with E-state index in [-0.39, 0.29) is 17.5 Å². The second-order valence-electron chi connectivity index (χ2n) is 4.72. The molecule has 0 spiro atoms. The summed E-state index contributed by atoms with van der Waals surface area (Å²) in [5.41, 5.74) is 0.815. The van der Waals surface area contributed by atoms with E-state index < -0.39 is 0 Å². The number of amides is 1. The zero-order valence-electron chi connectivity index (χ0n) is 10.7. The van der Waals surface area contributed by atoms with E-state index in [1.165, 1.54) is 12.1 Å². The van der Waals surface area contributed by atoms with Gasteiger partial charge in [-0.05, 0) is 17.7 Å². The van der Waals surface area contributed by atoms with Gasteiger partial charge in [-0.1, -0.05) is 12.1 Å². The second-order valence-corrected chi connectivity index (χ2v) is 4.72. The standard InChI is InChI=1S/C14H17FN2O2/c15-12-3-1-11(2-4-12)9-13(18)10-17-7-5-14(19)16-6-8-17/h1-4H,5-10H2,(H,16,19). The summed E-state index contributed by atoms with van der Waals surface area (Å²) in [4.78, 5) is 25.1. The number of ketones is 1. The van der Waals surface area contributed by atoms with Crippen molar-refractivity contribution < 1.29 is 14.0 Å². The van der Waals surface area contributed by atoms with Gasteiger partial charge in [0.25, 0.3) is 0 Å². The van der Waals surface area contributed by atoms with Crippen LogP contribution in [0.25, 0.3) is 0 Å². The van der Waals surface area contributed by atoms with Crippen LogP contribution in [0.2, 0.25) is 0 Å². The van der Waals surface area contributed by atoms with Gasteiger partial charge >= 0.3 is 0 Å². The number of halogens is 1. The van der Waals surface area contributed by atoms with E-state index in [0.29, 0.717) is 39.0 Å². The molecule has 0 aliphatic carbocycles. The van der Waals surface area contributed by atoms with Crippen LogP contribution in [-0.2, 0) is 16.0 Å². The first-order valence-electron chi connectivity index (χ1n) is 6.39. The summed E-state index contributed by atoms with van der Waals surface area (Å²) < 4.78 is 12.7. The van der Waals surface area contributed by atoms with E-state index >= 15 is 0 Å². The van der Waals surface area contributed by atoms with Crippen molar-refractivity contribution in [2.24, 2.45) is 0 Å². The summed E-state index contributed by atoms with van der Waals surface area (Å²) in [6, 6.07) is 5.97. The minimum Gasteiger partial charge on any atom is -0.355 e. The molecule has 19 heavy (non-hydrogen) atoms. The first-order chi connectivity index (χ1) is 9.13. The van der Waals surface area contributed by atoms with Crippen LogP contribution in [-0.4, -0.2) is 42.8 Å². The molecule has 1 aromatic rings. The third-order valence-electron chi connectivity index (χ3n) is 3.12. The molecule has 1 aromatic carbocycles. The lowest BCUT2D eigenvalue weighted by atomic mass is 10.1. The van der Waals surface area contributed by atoms with Crippen LogP contribution in [0, 0.1) is 5.82 Å². The predicted molar refractivity (Wildman–Crippen MR) is 69.2 cm³/mol. The van der Waals surface area contributed by atoms with Crippen LogP contribution in [0.5, 0.6) is 0 Å². The maximum Gasteiger partial charge on any atom is 0.221 e. The molecule has 0 radical (unpaired) electrons. The molecule has 1 aliphatic heterocycles. The van der Waals surface area contributed by atoms with Gasteiger partial charge in [-0.3, -0.25) is 14.5 Å². The topological polar surface area (TPSA) is 49.4 Å². The Morgan fingerprint density at radius 2 is 2.00 bits per heavy atom. The van der Waals surface area contributed by atoms with E-state index in [2.05, 4.69) is 5.32 Å². The normalized spacial score (nSPS) is 16.8. The zero-order chi connectivity index (χ0) is 13.7. The summed E-state index contributed by atoms with van der Waals surface area (Å²) in [6.45, 7) is 2.23. The van der Waals surface area contributed by atoms with Crippen molar-refractivity contribution in [2.75, 3.05) is 26.2 Å². The van der Waals surface area contributed by atoms with E-state index in [1.807, 2.05) is 4.90 Å². The molecule has 0 saturated carbocycles. The van der Waals surface area contributed by atoms with E-state index in [0.717, 1.165) is 5.56 Å². The van der Waals surface area contributed by atoms with Crippen molar-refractivity contribution in [1.82, 2.24) is 10.2 Å². The fraction of sp³-hybridized carbons (Fsp3) is 0.429. The molecule has 0 aromatic heterocycles. The van der Waals surface area contributed by atoms with E-state index in [4.69, 9.17) is 0 Å². The Kier molecular flexibility index (Phi) is 4.63. The summed E-state index contributed by atoms with van der Waals surface area (Å²) in [6.07, 6.45) is 0.738. The predicted octanol–water partition coefficient (Wildman–Crippen LogP) is 0.759. The number of rotatable bonds is 4. The van der Waals surface area contributed by atoms with Gasteiger partial charge in [0, 0.05) is 32.5 Å². The Labute approximate surface area is 111 Å². The fourth-order valence-electron chi connectivity index (χ4n) is 2.11. The monoisotopic (exact) mass is 264 g/mol. The summed E-state index contributed by atoms with van der Waals surface area (Å²) in [7, 11) is 0. The van der Waals surface area contributed by atoms with Crippen molar-refractivity contribution in [3.8, 4) is 0 Å². The van der Waals surface area contributed by atoms with Gasteiger partial charge in [-0.15, -0.1) is 0 Å². The molecule has 1 fully saturated rings. The van der Waals surface area contributed by atoms with Gasteiger partial charge in [0.15, 0.2) is 5.78 Å². The molecule has 2 rings (SSSR count). The quantitative estimate of drug-likeness (QED) is 0.873. The van der Waals surface area contributed by atoms with Crippen LogP contribution < -0.4 is 5.32 Å². The van der Waals surface area contributed by atoms with Crippen molar-refractivity contribution in [1.29, 1.82) is 0 Å². The van der Waals surface area contributed by atoms with Crippen molar-refractivity contribution in [3.05, 3.63) is 35.6 Å². The van der Waals surface area contributed by atoms with Crippen LogP contribution in [0.15, 0.2) is 24.3 Å². The Morgan fingerprint density at radius 1 is 1.26 bits per heavy atom. The summed E-state index contributed by atoms with van der Waals surface area (Å²) in [5.74, 6) is -0.178. The number of benzene rings is 1. The number of Topliss-reactive ketones (excluding diaryl/α,β-unsaturated/α-hetero) is 1. The Bertz CT molecular complexity index is 459. The lowest BCUT2D eigenvalue weighted by Gasteiger charge is -2.17. The third-order valence-corrected chi connectivity index (χ3v) is 3.12. The molecule has 102 valence electrons. The minimum absolute atomic E-state index is 0.0356. The molecule has 1 amide bonds. The van der Waals surface area contributed by atoms with E-state index in [1.54, 1.807) is 12.1 Å². The average molecular weight is 264 g/mol. The third kappa shape index (κ3) is 4.44. The Morgan fingerprint density at radius 3 is 2.74 bits per heavy atom. The molecule has 0 atom stereocenters. The molecule has 5 heteroatoms. The smallest absolute Gasteiger partial charge is 0.221 e. The maximum absolute atomic E-state index is 12.7.